The number of hydrogen-bond donors (Lipinski definition) is 1. The molecule has 0 saturated carbocycles. The summed E-state index contributed by atoms with van der Waals surface area (Å²) in [5.74, 6) is 0.180. The summed E-state index contributed by atoms with van der Waals surface area (Å²) in [5.41, 5.74) is 2.42. The smallest absolute Gasteiger partial charge is 0.301 e. The Morgan fingerprint density at radius 2 is 1.87 bits per heavy atom. The summed E-state index contributed by atoms with van der Waals surface area (Å²) in [7, 11) is -1.75. The minimum atomic E-state index is -3.50. The fourth-order valence-electron chi connectivity index (χ4n) is 3.28. The molecule has 1 aromatic rings. The van der Waals surface area contributed by atoms with Crippen LogP contribution in [0.3, 0.4) is 0 Å². The largest absolute Gasteiger partial charge is 0.315 e. The number of fused-ring (bicyclic) bond motifs is 1. The van der Waals surface area contributed by atoms with Gasteiger partial charge in [0.2, 0.25) is 5.91 Å². The van der Waals surface area contributed by atoms with Crippen LogP contribution < -0.4 is 9.62 Å². The summed E-state index contributed by atoms with van der Waals surface area (Å²) in [5, 5.41) is 0. The highest BCUT2D eigenvalue weighted by Crippen LogP contribution is 2.36. The first-order chi connectivity index (χ1) is 10.9. The van der Waals surface area contributed by atoms with Gasteiger partial charge in [-0.2, -0.15) is 12.7 Å². The van der Waals surface area contributed by atoms with Crippen molar-refractivity contribution in [3.05, 3.63) is 23.8 Å². The monoisotopic (exact) mass is 337 g/mol. The Bertz CT molecular complexity index is 711. The Morgan fingerprint density at radius 1 is 1.17 bits per heavy atom. The quantitative estimate of drug-likeness (QED) is 0.920. The molecule has 23 heavy (non-hydrogen) atoms. The van der Waals surface area contributed by atoms with Crippen LogP contribution in [-0.4, -0.2) is 38.8 Å². The van der Waals surface area contributed by atoms with E-state index in [9.17, 15) is 13.2 Å². The zero-order valence-corrected chi connectivity index (χ0v) is 14.4. The molecule has 2 aliphatic heterocycles. The summed E-state index contributed by atoms with van der Waals surface area (Å²) >= 11 is 0. The van der Waals surface area contributed by atoms with Crippen molar-refractivity contribution in [2.45, 2.75) is 38.5 Å². The van der Waals surface area contributed by atoms with Gasteiger partial charge in [0.05, 0.1) is 5.69 Å². The van der Waals surface area contributed by atoms with E-state index in [0.717, 1.165) is 30.5 Å². The average molecular weight is 337 g/mol. The van der Waals surface area contributed by atoms with Crippen molar-refractivity contribution in [1.29, 1.82) is 0 Å². The van der Waals surface area contributed by atoms with Gasteiger partial charge in [0, 0.05) is 32.2 Å². The predicted octanol–water partition coefficient (Wildman–Crippen LogP) is 2.30. The molecule has 2 aliphatic rings. The van der Waals surface area contributed by atoms with Crippen molar-refractivity contribution in [3.8, 4) is 0 Å². The summed E-state index contributed by atoms with van der Waals surface area (Å²) in [6.07, 6.45) is 3.36. The van der Waals surface area contributed by atoms with Crippen LogP contribution in [0.25, 0.3) is 0 Å². The third-order valence-corrected chi connectivity index (χ3v) is 6.22. The van der Waals surface area contributed by atoms with Gasteiger partial charge in [0.1, 0.15) is 0 Å². The van der Waals surface area contributed by atoms with Crippen LogP contribution in [0.2, 0.25) is 0 Å². The Balaban J connectivity index is 1.85. The second-order valence-corrected chi connectivity index (χ2v) is 8.07. The molecular formula is C16H23N3O3S. The number of piperidine rings is 1. The third-order valence-electron chi connectivity index (χ3n) is 4.68. The second kappa shape index (κ2) is 6.13. The van der Waals surface area contributed by atoms with Gasteiger partial charge in [0.25, 0.3) is 0 Å². The van der Waals surface area contributed by atoms with Crippen molar-refractivity contribution in [2.75, 3.05) is 29.8 Å². The van der Waals surface area contributed by atoms with Crippen LogP contribution in [0.4, 0.5) is 11.4 Å². The SMILES string of the molecule is CC1CC(=O)N(C)c2ccc(NS(=O)(=O)N3CCCCC3)cc21. The number of nitrogens with one attached hydrogen (secondary N) is 1. The molecular weight excluding hydrogens is 314 g/mol. The normalized spacial score (nSPS) is 22.8. The Labute approximate surface area is 137 Å². The fraction of sp³-hybridized carbons (Fsp3) is 0.562. The van der Waals surface area contributed by atoms with E-state index < -0.39 is 10.2 Å². The highest BCUT2D eigenvalue weighted by Gasteiger charge is 2.28. The van der Waals surface area contributed by atoms with E-state index in [-0.39, 0.29) is 11.8 Å². The van der Waals surface area contributed by atoms with Crippen molar-refractivity contribution in [1.82, 2.24) is 4.31 Å². The zero-order valence-electron chi connectivity index (χ0n) is 13.6. The molecule has 0 aromatic heterocycles. The van der Waals surface area contributed by atoms with Gasteiger partial charge < -0.3 is 4.90 Å². The molecule has 7 heteroatoms. The van der Waals surface area contributed by atoms with E-state index in [1.807, 2.05) is 19.1 Å². The van der Waals surface area contributed by atoms with Gasteiger partial charge >= 0.3 is 10.2 Å². The van der Waals surface area contributed by atoms with Crippen LogP contribution in [0.5, 0.6) is 0 Å². The Hall–Kier alpha value is -1.60. The van der Waals surface area contributed by atoms with Crippen LogP contribution in [-0.2, 0) is 15.0 Å². The van der Waals surface area contributed by atoms with Crippen molar-refractivity contribution < 1.29 is 13.2 Å². The maximum Gasteiger partial charge on any atom is 0.301 e. The number of hydrogen-bond acceptors (Lipinski definition) is 3. The summed E-state index contributed by atoms with van der Waals surface area (Å²) < 4.78 is 29.1. The molecule has 0 spiro atoms. The van der Waals surface area contributed by atoms with E-state index in [4.69, 9.17) is 0 Å². The molecule has 3 rings (SSSR count). The maximum absolute atomic E-state index is 12.5. The number of carbonyl (C=O) groups excluding carboxylic acids is 1. The van der Waals surface area contributed by atoms with E-state index >= 15 is 0 Å². The van der Waals surface area contributed by atoms with Gasteiger partial charge in [-0.05, 0) is 42.5 Å². The Morgan fingerprint density at radius 3 is 2.57 bits per heavy atom. The second-order valence-electron chi connectivity index (χ2n) is 6.40. The van der Waals surface area contributed by atoms with E-state index in [2.05, 4.69) is 4.72 Å². The Kier molecular flexibility index (Phi) is 4.33. The first-order valence-corrected chi connectivity index (χ1v) is 9.51. The van der Waals surface area contributed by atoms with Gasteiger partial charge in [-0.25, -0.2) is 0 Å². The first kappa shape index (κ1) is 16.3. The molecule has 126 valence electrons. The third kappa shape index (κ3) is 3.21. The van der Waals surface area contributed by atoms with Gasteiger partial charge in [-0.15, -0.1) is 0 Å². The van der Waals surface area contributed by atoms with Crippen LogP contribution in [0.15, 0.2) is 18.2 Å². The molecule has 6 nitrogen and oxygen atoms in total. The van der Waals surface area contributed by atoms with Crippen molar-refractivity contribution in [2.24, 2.45) is 0 Å². The van der Waals surface area contributed by atoms with E-state index in [1.54, 1.807) is 18.0 Å². The number of carbonyl (C=O) groups is 1. The first-order valence-electron chi connectivity index (χ1n) is 8.07. The van der Waals surface area contributed by atoms with E-state index in [0.29, 0.717) is 25.2 Å². The number of benzene rings is 1. The van der Waals surface area contributed by atoms with Crippen LogP contribution >= 0.6 is 0 Å². The standard InChI is InChI=1S/C16H23N3O3S/c1-12-10-16(20)18(2)15-7-6-13(11-14(12)15)17-23(21,22)19-8-4-3-5-9-19/h6-7,11-12,17H,3-5,8-10H2,1-2H3. The molecule has 1 atom stereocenters. The lowest BCUT2D eigenvalue weighted by Gasteiger charge is -2.31. The molecule has 1 aromatic carbocycles. The molecule has 0 bridgehead atoms. The molecule has 2 heterocycles. The highest BCUT2D eigenvalue weighted by molar-refractivity contribution is 7.90. The molecule has 0 aliphatic carbocycles. The lowest BCUT2D eigenvalue weighted by molar-refractivity contribution is -0.119. The molecule has 1 unspecified atom stereocenters. The highest BCUT2D eigenvalue weighted by atomic mass is 32.2. The lowest BCUT2D eigenvalue weighted by Crippen LogP contribution is -2.39. The fourth-order valence-corrected chi connectivity index (χ4v) is 4.57. The minimum absolute atomic E-state index is 0.0895. The number of amides is 1. The summed E-state index contributed by atoms with van der Waals surface area (Å²) in [4.78, 5) is 13.5. The molecule has 1 amide bonds. The molecule has 1 fully saturated rings. The minimum Gasteiger partial charge on any atom is -0.315 e. The zero-order chi connectivity index (χ0) is 16.6. The lowest BCUT2D eigenvalue weighted by atomic mass is 9.91. The summed E-state index contributed by atoms with van der Waals surface area (Å²) in [6, 6.07) is 5.39. The predicted molar refractivity (Wildman–Crippen MR) is 90.9 cm³/mol. The topological polar surface area (TPSA) is 69.7 Å². The average Bonchev–Trinajstić information content (AvgIpc) is 2.53. The maximum atomic E-state index is 12.5. The van der Waals surface area contributed by atoms with E-state index in [1.165, 1.54) is 4.31 Å². The number of rotatable bonds is 3. The molecule has 1 N–H and O–H groups in total. The van der Waals surface area contributed by atoms with Crippen LogP contribution in [0, 0.1) is 0 Å². The van der Waals surface area contributed by atoms with Gasteiger partial charge in [-0.1, -0.05) is 13.3 Å². The van der Waals surface area contributed by atoms with Gasteiger partial charge in [0.15, 0.2) is 0 Å². The van der Waals surface area contributed by atoms with Crippen molar-refractivity contribution >= 4 is 27.5 Å². The summed E-state index contributed by atoms with van der Waals surface area (Å²) in [6.45, 7) is 3.15. The number of nitrogens with zero attached hydrogens (tertiary/aromatic N) is 2. The van der Waals surface area contributed by atoms with Crippen molar-refractivity contribution in [3.63, 3.8) is 0 Å². The molecule has 1 saturated heterocycles. The number of anilines is 2. The van der Waals surface area contributed by atoms with Crippen LogP contribution in [0.1, 0.15) is 44.1 Å². The molecule has 0 radical (unpaired) electrons. The van der Waals surface area contributed by atoms with Gasteiger partial charge in [-0.3, -0.25) is 9.52 Å².